The van der Waals surface area contributed by atoms with Gasteiger partial charge in [-0.2, -0.15) is 5.10 Å². The van der Waals surface area contributed by atoms with E-state index in [4.69, 9.17) is 4.74 Å². The molecule has 2 aromatic carbocycles. The zero-order valence-electron chi connectivity index (χ0n) is 14.8. The number of hydrogen-bond acceptors (Lipinski definition) is 4. The van der Waals surface area contributed by atoms with Gasteiger partial charge in [-0.15, -0.1) is 0 Å². The van der Waals surface area contributed by atoms with E-state index in [-0.39, 0.29) is 0 Å². The maximum Gasteiger partial charge on any atom is 0.124 e. The van der Waals surface area contributed by atoms with Gasteiger partial charge in [0, 0.05) is 38.2 Å². The van der Waals surface area contributed by atoms with Crippen LogP contribution in [0.25, 0.3) is 0 Å². The number of benzene rings is 2. The molecule has 1 aromatic heterocycles. The number of anilines is 1. The van der Waals surface area contributed by atoms with Crippen LogP contribution < -0.4 is 15.4 Å². The zero-order chi connectivity index (χ0) is 17.6. The van der Waals surface area contributed by atoms with Gasteiger partial charge in [0.15, 0.2) is 0 Å². The molecule has 1 aliphatic rings. The van der Waals surface area contributed by atoms with Gasteiger partial charge in [0.1, 0.15) is 18.2 Å². The fraction of sp³-hybridized carbons (Fsp3) is 0.286. The minimum absolute atomic E-state index is 0.548. The summed E-state index contributed by atoms with van der Waals surface area (Å²) in [4.78, 5) is 0. The highest BCUT2D eigenvalue weighted by molar-refractivity contribution is 5.35. The van der Waals surface area contributed by atoms with E-state index in [9.17, 15) is 0 Å². The van der Waals surface area contributed by atoms with Gasteiger partial charge in [-0.3, -0.25) is 0 Å². The Balaban J connectivity index is 1.25. The van der Waals surface area contributed by atoms with Crippen LogP contribution in [0.2, 0.25) is 0 Å². The van der Waals surface area contributed by atoms with Crippen molar-refractivity contribution in [2.75, 3.05) is 18.4 Å². The maximum atomic E-state index is 5.83. The molecule has 0 amide bonds. The molecule has 0 radical (unpaired) electrons. The summed E-state index contributed by atoms with van der Waals surface area (Å²) in [5.74, 6) is 2.57. The lowest BCUT2D eigenvalue weighted by Crippen LogP contribution is -2.35. The molecule has 0 unspecified atom stereocenters. The second kappa shape index (κ2) is 8.06. The van der Waals surface area contributed by atoms with Gasteiger partial charge in [-0.25, -0.2) is 4.68 Å². The van der Waals surface area contributed by atoms with Crippen LogP contribution in [-0.2, 0) is 19.7 Å². The lowest BCUT2D eigenvalue weighted by molar-refractivity contribution is 0.306. The van der Waals surface area contributed by atoms with Crippen LogP contribution in [0.15, 0.2) is 66.9 Å². The number of hydrogen-bond donors (Lipinski definition) is 2. The summed E-state index contributed by atoms with van der Waals surface area (Å²) in [6, 6.07) is 20.5. The standard InChI is InChI=1S/C21H24N4O/c1-2-7-20(8-3-1)26-16-18-6-4-5-17(11-18)12-22-13-19-14-23-21-9-10-24-25(21)15-19/h1-11,19,22-23H,12-16H2/t19-/m0/s1. The Morgan fingerprint density at radius 1 is 1.08 bits per heavy atom. The SMILES string of the molecule is c1ccc(OCc2cccc(CNC[C@H]3CNc4ccnn4C3)c2)cc1. The van der Waals surface area contributed by atoms with Crippen molar-refractivity contribution in [2.24, 2.45) is 5.92 Å². The summed E-state index contributed by atoms with van der Waals surface area (Å²) < 4.78 is 7.87. The fourth-order valence-corrected chi connectivity index (χ4v) is 3.26. The molecule has 0 bridgehead atoms. The highest BCUT2D eigenvalue weighted by Crippen LogP contribution is 2.16. The first-order chi connectivity index (χ1) is 12.9. The third-order valence-electron chi connectivity index (χ3n) is 4.62. The van der Waals surface area contributed by atoms with Gasteiger partial charge in [0.25, 0.3) is 0 Å². The van der Waals surface area contributed by atoms with Crippen molar-refractivity contribution in [3.63, 3.8) is 0 Å². The Morgan fingerprint density at radius 3 is 2.88 bits per heavy atom. The molecule has 5 heteroatoms. The Bertz CT molecular complexity index is 831. The predicted octanol–water partition coefficient (Wildman–Crippen LogP) is 3.29. The molecule has 4 rings (SSSR count). The van der Waals surface area contributed by atoms with Gasteiger partial charge >= 0.3 is 0 Å². The van der Waals surface area contributed by atoms with E-state index in [1.165, 1.54) is 11.1 Å². The third kappa shape index (κ3) is 4.24. The van der Waals surface area contributed by atoms with Crippen molar-refractivity contribution in [1.82, 2.24) is 15.1 Å². The minimum Gasteiger partial charge on any atom is -0.489 e. The van der Waals surface area contributed by atoms with Gasteiger partial charge in [0.05, 0.1) is 6.20 Å². The number of nitrogens with zero attached hydrogens (tertiary/aromatic N) is 2. The average Bonchev–Trinajstić information content (AvgIpc) is 3.15. The summed E-state index contributed by atoms with van der Waals surface area (Å²) in [6.45, 7) is 4.38. The third-order valence-corrected chi connectivity index (χ3v) is 4.62. The van der Waals surface area contributed by atoms with Crippen molar-refractivity contribution < 1.29 is 4.74 Å². The van der Waals surface area contributed by atoms with Gasteiger partial charge in [-0.05, 0) is 23.3 Å². The molecule has 2 heterocycles. The fourth-order valence-electron chi connectivity index (χ4n) is 3.26. The molecular weight excluding hydrogens is 324 g/mol. The zero-order valence-corrected chi connectivity index (χ0v) is 14.8. The van der Waals surface area contributed by atoms with Crippen molar-refractivity contribution in [3.8, 4) is 5.75 Å². The second-order valence-electron chi connectivity index (χ2n) is 6.70. The Morgan fingerprint density at radius 2 is 1.96 bits per heavy atom. The van der Waals surface area contributed by atoms with Crippen LogP contribution >= 0.6 is 0 Å². The van der Waals surface area contributed by atoms with Crippen LogP contribution in [0.1, 0.15) is 11.1 Å². The highest BCUT2D eigenvalue weighted by atomic mass is 16.5. The van der Waals surface area contributed by atoms with Crippen LogP contribution in [0, 0.1) is 5.92 Å². The van der Waals surface area contributed by atoms with Crippen LogP contribution in [0.3, 0.4) is 0 Å². The molecule has 0 aliphatic carbocycles. The quantitative estimate of drug-likeness (QED) is 0.688. The first kappa shape index (κ1) is 16.7. The monoisotopic (exact) mass is 348 g/mol. The first-order valence-corrected chi connectivity index (χ1v) is 9.09. The predicted molar refractivity (Wildman–Crippen MR) is 103 cm³/mol. The Labute approximate surface area is 154 Å². The molecule has 5 nitrogen and oxygen atoms in total. The molecule has 0 saturated heterocycles. The summed E-state index contributed by atoms with van der Waals surface area (Å²) in [7, 11) is 0. The molecule has 26 heavy (non-hydrogen) atoms. The summed E-state index contributed by atoms with van der Waals surface area (Å²) in [5, 5.41) is 11.3. The minimum atomic E-state index is 0.548. The van der Waals surface area contributed by atoms with E-state index in [2.05, 4.69) is 40.0 Å². The molecule has 134 valence electrons. The summed E-state index contributed by atoms with van der Waals surface area (Å²) in [6.07, 6.45) is 1.85. The van der Waals surface area contributed by atoms with E-state index in [0.29, 0.717) is 12.5 Å². The number of fused-ring (bicyclic) bond motifs is 1. The normalized spacial score (nSPS) is 15.9. The lowest BCUT2D eigenvalue weighted by atomic mass is 10.1. The smallest absolute Gasteiger partial charge is 0.124 e. The molecule has 1 aliphatic heterocycles. The number of rotatable bonds is 7. The second-order valence-corrected chi connectivity index (χ2v) is 6.70. The summed E-state index contributed by atoms with van der Waals surface area (Å²) in [5.41, 5.74) is 2.47. The van der Waals surface area contributed by atoms with E-state index in [1.54, 1.807) is 0 Å². The molecular formula is C21H24N4O. The van der Waals surface area contributed by atoms with Crippen LogP contribution in [0.4, 0.5) is 5.82 Å². The van der Waals surface area contributed by atoms with Gasteiger partial charge in [-0.1, -0.05) is 42.5 Å². The van der Waals surface area contributed by atoms with Crippen LogP contribution in [0.5, 0.6) is 5.75 Å². The number of para-hydroxylation sites is 1. The van der Waals surface area contributed by atoms with Crippen molar-refractivity contribution in [1.29, 1.82) is 0 Å². The number of ether oxygens (including phenoxy) is 1. The average molecular weight is 348 g/mol. The van der Waals surface area contributed by atoms with Crippen molar-refractivity contribution in [3.05, 3.63) is 78.0 Å². The molecule has 2 N–H and O–H groups in total. The van der Waals surface area contributed by atoms with Crippen molar-refractivity contribution in [2.45, 2.75) is 19.7 Å². The van der Waals surface area contributed by atoms with Gasteiger partial charge < -0.3 is 15.4 Å². The number of aromatic nitrogens is 2. The molecule has 0 saturated carbocycles. The van der Waals surface area contributed by atoms with E-state index >= 15 is 0 Å². The molecule has 0 fully saturated rings. The van der Waals surface area contributed by atoms with Crippen molar-refractivity contribution >= 4 is 5.82 Å². The van der Waals surface area contributed by atoms with E-state index < -0.39 is 0 Å². The largest absolute Gasteiger partial charge is 0.489 e. The summed E-state index contributed by atoms with van der Waals surface area (Å²) >= 11 is 0. The Kier molecular flexibility index (Phi) is 5.17. The first-order valence-electron chi connectivity index (χ1n) is 9.09. The maximum absolute atomic E-state index is 5.83. The van der Waals surface area contributed by atoms with E-state index in [0.717, 1.165) is 37.7 Å². The highest BCUT2D eigenvalue weighted by Gasteiger charge is 2.17. The lowest BCUT2D eigenvalue weighted by Gasteiger charge is -2.25. The Hall–Kier alpha value is -2.79. The van der Waals surface area contributed by atoms with Crippen LogP contribution in [-0.4, -0.2) is 22.9 Å². The topological polar surface area (TPSA) is 51.1 Å². The molecule has 0 spiro atoms. The molecule has 1 atom stereocenters. The number of nitrogens with one attached hydrogen (secondary N) is 2. The molecule has 3 aromatic rings. The van der Waals surface area contributed by atoms with Gasteiger partial charge in [0.2, 0.25) is 0 Å². The van der Waals surface area contributed by atoms with E-state index in [1.807, 2.05) is 47.3 Å².